The van der Waals surface area contributed by atoms with Crippen molar-refractivity contribution in [2.75, 3.05) is 0 Å². The van der Waals surface area contributed by atoms with E-state index in [1.807, 2.05) is 6.92 Å². The topological polar surface area (TPSA) is 26.3 Å². The van der Waals surface area contributed by atoms with Crippen LogP contribution < -0.4 is 0 Å². The van der Waals surface area contributed by atoms with Crippen LogP contribution in [0, 0.1) is 0 Å². The molecule has 0 aliphatic heterocycles. The van der Waals surface area contributed by atoms with Crippen LogP contribution in [0.25, 0.3) is 0 Å². The zero-order chi connectivity index (χ0) is 19.5. The first-order chi connectivity index (χ1) is 12.6. The van der Waals surface area contributed by atoms with Gasteiger partial charge in [-0.1, -0.05) is 89.7 Å². The van der Waals surface area contributed by atoms with Gasteiger partial charge in [0.15, 0.2) is 0 Å². The Morgan fingerprint density at radius 2 is 1.31 bits per heavy atom. The molecule has 0 spiro atoms. The molecule has 2 nitrogen and oxygen atoms in total. The second-order valence-corrected chi connectivity index (χ2v) is 8.44. The second-order valence-electron chi connectivity index (χ2n) is 7.09. The molecule has 1 atom stereocenters. The second kappa shape index (κ2) is 19.1. The highest BCUT2D eigenvalue weighted by molar-refractivity contribution is 6.36. The van der Waals surface area contributed by atoms with E-state index in [1.54, 1.807) is 0 Å². The largest absolute Gasteiger partial charge is 0.460 e. The van der Waals surface area contributed by atoms with E-state index < -0.39 is 6.05 Å². The SMILES string of the molecule is C=CC(=O)OC(C)CCCCCCCCCCCCCCC[Si]C(F)F. The molecule has 0 aliphatic rings. The molecule has 0 heterocycles. The van der Waals surface area contributed by atoms with Gasteiger partial charge in [0.2, 0.25) is 6.05 Å². The van der Waals surface area contributed by atoms with Crippen molar-refractivity contribution in [3.05, 3.63) is 12.7 Å². The zero-order valence-electron chi connectivity index (χ0n) is 16.6. The van der Waals surface area contributed by atoms with Crippen molar-refractivity contribution in [1.29, 1.82) is 0 Å². The first kappa shape index (κ1) is 25.3. The van der Waals surface area contributed by atoms with Gasteiger partial charge >= 0.3 is 5.97 Å². The first-order valence-electron chi connectivity index (χ1n) is 10.4. The Kier molecular flexibility index (Phi) is 18.5. The molecular formula is C21H38F2O2Si. The molecule has 2 radical (unpaired) electrons. The predicted molar refractivity (Wildman–Crippen MR) is 107 cm³/mol. The average Bonchev–Trinajstić information content (AvgIpc) is 2.60. The standard InChI is InChI=1S/C21H38F2O2Si/c1-3-20(24)25-19(2)17-15-13-11-9-7-5-4-6-8-10-12-14-16-18-26-21(22)23/h3,19,21H,1,4-18H2,2H3. The third-order valence-corrected chi connectivity index (χ3v) is 5.52. The molecule has 0 aromatic heterocycles. The molecule has 0 N–H and O–H groups in total. The van der Waals surface area contributed by atoms with E-state index in [9.17, 15) is 13.6 Å². The number of rotatable bonds is 19. The highest BCUT2D eigenvalue weighted by Crippen LogP contribution is 2.14. The minimum absolute atomic E-state index is 0.00905. The summed E-state index contributed by atoms with van der Waals surface area (Å²) in [6.07, 6.45) is 18.1. The molecule has 0 bridgehead atoms. The minimum Gasteiger partial charge on any atom is -0.460 e. The first-order valence-corrected chi connectivity index (χ1v) is 11.7. The van der Waals surface area contributed by atoms with Crippen molar-refractivity contribution in [3.8, 4) is 0 Å². The van der Waals surface area contributed by atoms with Crippen LogP contribution in [0.5, 0.6) is 0 Å². The lowest BCUT2D eigenvalue weighted by atomic mass is 10.0. The smallest absolute Gasteiger partial charge is 0.330 e. The Morgan fingerprint density at radius 3 is 1.73 bits per heavy atom. The quantitative estimate of drug-likeness (QED) is 0.104. The molecule has 0 aromatic carbocycles. The van der Waals surface area contributed by atoms with Crippen LogP contribution in [0.1, 0.15) is 96.8 Å². The van der Waals surface area contributed by atoms with Gasteiger partial charge in [-0.15, -0.1) is 0 Å². The number of hydrogen-bond acceptors (Lipinski definition) is 2. The fourth-order valence-electron chi connectivity index (χ4n) is 3.02. The fourth-order valence-corrected chi connectivity index (χ4v) is 3.69. The van der Waals surface area contributed by atoms with E-state index >= 15 is 0 Å². The van der Waals surface area contributed by atoms with Crippen LogP contribution in [-0.2, 0) is 9.53 Å². The fraction of sp³-hybridized carbons (Fsp3) is 0.857. The number of halogens is 2. The average molecular weight is 389 g/mol. The van der Waals surface area contributed by atoms with Crippen molar-refractivity contribution in [3.63, 3.8) is 0 Å². The summed E-state index contributed by atoms with van der Waals surface area (Å²) >= 11 is 0. The van der Waals surface area contributed by atoms with Gasteiger partial charge in [-0.2, -0.15) is 0 Å². The van der Waals surface area contributed by atoms with Gasteiger partial charge in [-0.25, -0.2) is 13.6 Å². The van der Waals surface area contributed by atoms with Gasteiger partial charge in [0.25, 0.3) is 0 Å². The van der Waals surface area contributed by atoms with Gasteiger partial charge in [0.1, 0.15) is 9.52 Å². The van der Waals surface area contributed by atoms with Crippen molar-refractivity contribution in [1.82, 2.24) is 0 Å². The summed E-state index contributed by atoms with van der Waals surface area (Å²) in [7, 11) is -0.159. The summed E-state index contributed by atoms with van der Waals surface area (Å²) in [5, 5.41) is 0. The van der Waals surface area contributed by atoms with Gasteiger partial charge in [0, 0.05) is 6.08 Å². The zero-order valence-corrected chi connectivity index (χ0v) is 17.6. The summed E-state index contributed by atoms with van der Waals surface area (Å²) in [6.45, 7) is 5.33. The number of alkyl halides is 2. The summed E-state index contributed by atoms with van der Waals surface area (Å²) in [5.41, 5.74) is 0. The number of carbonyl (C=O) groups excluding carboxylic acids is 1. The van der Waals surface area contributed by atoms with E-state index in [4.69, 9.17) is 4.74 Å². The van der Waals surface area contributed by atoms with Crippen LogP contribution in [0.15, 0.2) is 12.7 Å². The van der Waals surface area contributed by atoms with Crippen LogP contribution in [0.2, 0.25) is 6.04 Å². The van der Waals surface area contributed by atoms with Crippen molar-refractivity contribution in [2.45, 2.75) is 115 Å². The van der Waals surface area contributed by atoms with Crippen LogP contribution in [-0.4, -0.2) is 27.6 Å². The maximum Gasteiger partial charge on any atom is 0.330 e. The molecular weight excluding hydrogens is 350 g/mol. The summed E-state index contributed by atoms with van der Waals surface area (Å²) in [6, 6.07) is -1.39. The van der Waals surface area contributed by atoms with Gasteiger partial charge in [0.05, 0.1) is 6.10 Å². The van der Waals surface area contributed by atoms with Crippen molar-refractivity contribution in [2.24, 2.45) is 0 Å². The summed E-state index contributed by atoms with van der Waals surface area (Å²) in [5.74, 6) is -0.329. The summed E-state index contributed by atoms with van der Waals surface area (Å²) in [4.78, 5) is 11.0. The van der Waals surface area contributed by atoms with Crippen LogP contribution in [0.4, 0.5) is 8.78 Å². The Balaban J connectivity index is 3.13. The maximum absolute atomic E-state index is 12.0. The van der Waals surface area contributed by atoms with Crippen LogP contribution in [0.3, 0.4) is 0 Å². The number of ether oxygens (including phenoxy) is 1. The molecule has 152 valence electrons. The monoisotopic (exact) mass is 388 g/mol. The lowest BCUT2D eigenvalue weighted by Gasteiger charge is -2.11. The molecule has 26 heavy (non-hydrogen) atoms. The van der Waals surface area contributed by atoms with E-state index in [1.165, 1.54) is 70.3 Å². The number of unbranched alkanes of at least 4 members (excludes halogenated alkanes) is 12. The predicted octanol–water partition coefficient (Wildman–Crippen LogP) is 6.91. The molecule has 1 unspecified atom stereocenters. The minimum atomic E-state index is -2.10. The molecule has 0 aliphatic carbocycles. The lowest BCUT2D eigenvalue weighted by Crippen LogP contribution is -2.12. The molecule has 5 heteroatoms. The maximum atomic E-state index is 12.0. The molecule has 0 fully saturated rings. The van der Waals surface area contributed by atoms with Gasteiger partial charge in [-0.05, 0) is 19.8 Å². The highest BCUT2D eigenvalue weighted by atomic mass is 28.2. The Morgan fingerprint density at radius 1 is 0.885 bits per heavy atom. The van der Waals surface area contributed by atoms with E-state index in [-0.39, 0.29) is 21.6 Å². The van der Waals surface area contributed by atoms with Gasteiger partial charge < -0.3 is 4.74 Å². The Hall–Kier alpha value is -0.713. The molecule has 0 rings (SSSR count). The number of esters is 1. The lowest BCUT2D eigenvalue weighted by molar-refractivity contribution is -0.142. The normalized spacial score (nSPS) is 12.3. The molecule has 0 saturated heterocycles. The Bertz CT molecular complexity index is 338. The van der Waals surface area contributed by atoms with E-state index in [0.717, 1.165) is 25.7 Å². The summed E-state index contributed by atoms with van der Waals surface area (Å²) < 4.78 is 29.1. The van der Waals surface area contributed by atoms with Crippen LogP contribution >= 0.6 is 0 Å². The third kappa shape index (κ3) is 19.6. The Labute approximate surface area is 162 Å². The van der Waals surface area contributed by atoms with Gasteiger partial charge in [-0.3, -0.25) is 0 Å². The van der Waals surface area contributed by atoms with E-state index in [0.29, 0.717) is 6.04 Å². The number of carbonyl (C=O) groups is 1. The molecule has 0 saturated carbocycles. The number of hydrogen-bond donors (Lipinski definition) is 0. The van der Waals surface area contributed by atoms with Crippen molar-refractivity contribution >= 4 is 15.5 Å². The van der Waals surface area contributed by atoms with E-state index in [2.05, 4.69) is 6.58 Å². The molecule has 0 amide bonds. The highest BCUT2D eigenvalue weighted by Gasteiger charge is 2.05. The van der Waals surface area contributed by atoms with Crippen molar-refractivity contribution < 1.29 is 18.3 Å². The third-order valence-electron chi connectivity index (χ3n) is 4.57. The molecule has 0 aromatic rings.